The minimum Gasteiger partial charge on any atom is -0.401 e. The molecule has 0 fully saturated rings. The van der Waals surface area contributed by atoms with Crippen LogP contribution in [-0.4, -0.2) is 11.9 Å². The molecular weight excluding hydrogens is 645 g/mol. The Labute approximate surface area is 292 Å². The molecule has 0 aromatic heterocycles. The van der Waals surface area contributed by atoms with Gasteiger partial charge in [0.1, 0.15) is 0 Å². The summed E-state index contributed by atoms with van der Waals surface area (Å²) in [4.78, 5) is 34.8. The maximum atomic E-state index is 14.8. The molecule has 0 unspecified atom stereocenters. The maximum Gasteiger partial charge on any atom is 0.331 e. The SMILES string of the molecule is CCCCC(C(=O)OS(c1ccccc1)(c1ccccc1)c1ccccc1)C(=O)OS(c1ccccc1)(c1ccccc1)c1ccccc1. The van der Waals surface area contributed by atoms with Gasteiger partial charge in [-0.2, -0.15) is 0 Å². The summed E-state index contributed by atoms with van der Waals surface area (Å²) < 4.78 is 13.7. The third-order valence-electron chi connectivity index (χ3n) is 8.28. The lowest BCUT2D eigenvalue weighted by molar-refractivity contribution is -0.150. The molecule has 6 aromatic rings. The molecule has 6 rings (SSSR count). The molecular formula is C43H40O4S2. The van der Waals surface area contributed by atoms with Gasteiger partial charge >= 0.3 is 11.9 Å². The van der Waals surface area contributed by atoms with Crippen molar-refractivity contribution in [1.29, 1.82) is 0 Å². The van der Waals surface area contributed by atoms with Crippen LogP contribution in [0, 0.1) is 5.92 Å². The Kier molecular flexibility index (Phi) is 11.0. The Morgan fingerprint density at radius 1 is 0.429 bits per heavy atom. The zero-order valence-electron chi connectivity index (χ0n) is 27.5. The normalized spacial score (nSPS) is 12.2. The van der Waals surface area contributed by atoms with Crippen molar-refractivity contribution in [2.24, 2.45) is 5.92 Å². The number of carbonyl (C=O) groups is 2. The van der Waals surface area contributed by atoms with Crippen LogP contribution in [0.25, 0.3) is 0 Å². The predicted octanol–water partition coefficient (Wildman–Crippen LogP) is 11.7. The van der Waals surface area contributed by atoms with Crippen LogP contribution in [0.15, 0.2) is 211 Å². The fraction of sp³-hybridized carbons (Fsp3) is 0.116. The van der Waals surface area contributed by atoms with Crippen molar-refractivity contribution in [1.82, 2.24) is 0 Å². The molecule has 4 nitrogen and oxygen atoms in total. The Bertz CT molecular complexity index is 1590. The predicted molar refractivity (Wildman–Crippen MR) is 199 cm³/mol. The number of rotatable bonds is 13. The second-order valence-electron chi connectivity index (χ2n) is 11.5. The lowest BCUT2D eigenvalue weighted by atomic mass is 10.0. The van der Waals surface area contributed by atoms with Crippen molar-refractivity contribution < 1.29 is 18.0 Å². The average molecular weight is 685 g/mol. The van der Waals surface area contributed by atoms with Crippen molar-refractivity contribution in [3.63, 3.8) is 0 Å². The lowest BCUT2D eigenvalue weighted by Crippen LogP contribution is -2.30. The molecule has 0 radical (unpaired) electrons. The van der Waals surface area contributed by atoms with Crippen LogP contribution in [0.1, 0.15) is 26.2 Å². The average Bonchev–Trinajstić information content (AvgIpc) is 3.18. The van der Waals surface area contributed by atoms with Gasteiger partial charge < -0.3 is 8.37 Å². The van der Waals surface area contributed by atoms with E-state index in [4.69, 9.17) is 8.37 Å². The fourth-order valence-electron chi connectivity index (χ4n) is 5.88. The van der Waals surface area contributed by atoms with Crippen LogP contribution in [-0.2, 0) is 18.0 Å². The van der Waals surface area contributed by atoms with Crippen LogP contribution in [0.2, 0.25) is 0 Å². The van der Waals surface area contributed by atoms with Gasteiger partial charge in [0.25, 0.3) is 0 Å². The van der Waals surface area contributed by atoms with Crippen LogP contribution in [0.4, 0.5) is 0 Å². The van der Waals surface area contributed by atoms with Crippen molar-refractivity contribution in [3.8, 4) is 0 Å². The third-order valence-corrected chi connectivity index (χ3v) is 14.7. The summed E-state index contributed by atoms with van der Waals surface area (Å²) in [6.07, 6.45) is 1.76. The van der Waals surface area contributed by atoms with Gasteiger partial charge in [0, 0.05) is 29.4 Å². The summed E-state index contributed by atoms with van der Waals surface area (Å²) in [5, 5.41) is 0. The quantitative estimate of drug-likeness (QED) is 0.114. The first kappa shape index (κ1) is 33.8. The minimum atomic E-state index is -2.59. The Morgan fingerprint density at radius 3 is 0.857 bits per heavy atom. The van der Waals surface area contributed by atoms with Crippen LogP contribution in [0.5, 0.6) is 0 Å². The van der Waals surface area contributed by atoms with E-state index in [0.717, 1.165) is 35.8 Å². The molecule has 0 bridgehead atoms. The summed E-state index contributed by atoms with van der Waals surface area (Å²) in [7, 11) is -5.17. The van der Waals surface area contributed by atoms with Gasteiger partial charge in [-0.3, -0.25) is 9.59 Å². The molecule has 0 amide bonds. The molecule has 0 spiro atoms. The van der Waals surface area contributed by atoms with Crippen molar-refractivity contribution in [2.45, 2.75) is 55.6 Å². The van der Waals surface area contributed by atoms with Crippen molar-refractivity contribution >= 4 is 32.6 Å². The highest BCUT2D eigenvalue weighted by atomic mass is 32.3. The second kappa shape index (κ2) is 15.9. The zero-order chi connectivity index (χ0) is 33.9. The minimum absolute atomic E-state index is 0.302. The Balaban J connectivity index is 1.48. The Morgan fingerprint density at radius 2 is 0.653 bits per heavy atom. The molecule has 0 aliphatic heterocycles. The molecule has 0 heterocycles. The van der Waals surface area contributed by atoms with E-state index in [9.17, 15) is 9.59 Å². The highest BCUT2D eigenvalue weighted by Gasteiger charge is 2.43. The molecule has 49 heavy (non-hydrogen) atoms. The molecule has 0 atom stereocenters. The van der Waals surface area contributed by atoms with E-state index >= 15 is 0 Å². The number of unbranched alkanes of at least 4 members (excludes halogenated alkanes) is 1. The van der Waals surface area contributed by atoms with E-state index < -0.39 is 38.5 Å². The molecule has 0 saturated heterocycles. The first-order valence-corrected chi connectivity index (χ1v) is 19.6. The zero-order valence-corrected chi connectivity index (χ0v) is 29.1. The standard InChI is InChI=1S/C43H40O4S2/c1-2-3-34-41(42(44)46-48(35-22-10-4-11-23-35,36-24-12-5-13-25-36)37-26-14-6-15-27-37)43(45)47-49(38-28-16-7-17-29-38,39-30-18-8-19-31-39)40-32-20-9-21-33-40/h4-33,41H,2-3,34H2,1H3. The third kappa shape index (κ3) is 7.07. The molecule has 0 aliphatic rings. The largest absolute Gasteiger partial charge is 0.401 e. The lowest BCUT2D eigenvalue weighted by Gasteiger charge is -2.42. The van der Waals surface area contributed by atoms with E-state index in [1.54, 1.807) is 0 Å². The fourth-order valence-corrected chi connectivity index (χ4v) is 12.1. The highest BCUT2D eigenvalue weighted by molar-refractivity contribution is 8.30. The number of hydrogen-bond donors (Lipinski definition) is 0. The highest BCUT2D eigenvalue weighted by Crippen LogP contribution is 2.71. The van der Waals surface area contributed by atoms with Gasteiger partial charge in [-0.05, 0) is 99.8 Å². The molecule has 6 aromatic carbocycles. The summed E-state index contributed by atoms with van der Waals surface area (Å²) in [5.41, 5.74) is 0. The molecule has 0 saturated carbocycles. The summed E-state index contributed by atoms with van der Waals surface area (Å²) in [6.45, 7) is 2.05. The second-order valence-corrected chi connectivity index (χ2v) is 16.9. The molecule has 0 aliphatic carbocycles. The monoisotopic (exact) mass is 684 g/mol. The number of hydrogen-bond acceptors (Lipinski definition) is 4. The van der Waals surface area contributed by atoms with Crippen LogP contribution < -0.4 is 0 Å². The summed E-state index contributed by atoms with van der Waals surface area (Å²) in [5.74, 6) is -2.33. The maximum absolute atomic E-state index is 14.8. The van der Waals surface area contributed by atoms with Crippen molar-refractivity contribution in [3.05, 3.63) is 182 Å². The van der Waals surface area contributed by atoms with Gasteiger partial charge in [-0.25, -0.2) is 0 Å². The summed E-state index contributed by atoms with van der Waals surface area (Å²) >= 11 is 0. The van der Waals surface area contributed by atoms with Gasteiger partial charge in [0.05, 0.1) is 0 Å². The van der Waals surface area contributed by atoms with E-state index in [0.29, 0.717) is 12.8 Å². The van der Waals surface area contributed by atoms with Gasteiger partial charge in [-0.15, -0.1) is 0 Å². The molecule has 6 heteroatoms. The molecule has 0 N–H and O–H groups in total. The topological polar surface area (TPSA) is 52.6 Å². The van der Waals surface area contributed by atoms with E-state index in [1.807, 2.05) is 182 Å². The Hall–Kier alpha value is -5.04. The van der Waals surface area contributed by atoms with Crippen molar-refractivity contribution in [2.75, 3.05) is 0 Å². The van der Waals surface area contributed by atoms with E-state index in [1.165, 1.54) is 0 Å². The smallest absolute Gasteiger partial charge is 0.331 e. The summed E-state index contributed by atoms with van der Waals surface area (Å²) in [6, 6.07) is 59.1. The first-order valence-electron chi connectivity index (χ1n) is 16.5. The van der Waals surface area contributed by atoms with Gasteiger partial charge in [0.15, 0.2) is 5.92 Å². The van der Waals surface area contributed by atoms with Crippen LogP contribution >= 0.6 is 20.6 Å². The van der Waals surface area contributed by atoms with Gasteiger partial charge in [-0.1, -0.05) is 129 Å². The van der Waals surface area contributed by atoms with Gasteiger partial charge in [0.2, 0.25) is 0 Å². The first-order chi connectivity index (χ1) is 24.1. The van der Waals surface area contributed by atoms with E-state index in [2.05, 4.69) is 6.92 Å². The number of benzene rings is 6. The van der Waals surface area contributed by atoms with Crippen LogP contribution in [0.3, 0.4) is 0 Å². The van der Waals surface area contributed by atoms with E-state index in [-0.39, 0.29) is 0 Å². The molecule has 248 valence electrons. The number of carbonyl (C=O) groups excluding carboxylic acids is 2.